The Kier molecular flexibility index (Phi) is 9.47. The number of Topliss-reactive ketones (excluding diaryl/α,β-unsaturated/α-hetero) is 1. The molecule has 1 heterocycles. The van der Waals surface area contributed by atoms with Crippen LogP contribution in [0, 0.1) is 11.6 Å². The molecule has 0 saturated carbocycles. The van der Waals surface area contributed by atoms with Gasteiger partial charge in [0.15, 0.2) is 5.78 Å². The van der Waals surface area contributed by atoms with Crippen LogP contribution in [0.1, 0.15) is 47.3 Å². The average molecular weight is 607 g/mol. The van der Waals surface area contributed by atoms with Crippen LogP contribution in [0.25, 0.3) is 6.08 Å². The van der Waals surface area contributed by atoms with Crippen LogP contribution in [0.4, 0.5) is 14.5 Å². The van der Waals surface area contributed by atoms with Crippen LogP contribution in [0.3, 0.4) is 0 Å². The van der Waals surface area contributed by atoms with Gasteiger partial charge in [-0.2, -0.15) is 0 Å². The predicted molar refractivity (Wildman–Crippen MR) is 167 cm³/mol. The maximum atomic E-state index is 13.5. The molecule has 5 nitrogen and oxygen atoms in total. The Bertz CT molecular complexity index is 1650. The fourth-order valence-electron chi connectivity index (χ4n) is 5.39. The summed E-state index contributed by atoms with van der Waals surface area (Å²) in [6.07, 6.45) is 12.7. The topological polar surface area (TPSA) is 66.5 Å². The minimum Gasteiger partial charge on any atom is -0.293 e. The number of likely N-dealkylation sites (tertiary alicyclic amines) is 1. The molecule has 1 aliphatic carbocycles. The van der Waals surface area contributed by atoms with E-state index in [1.807, 2.05) is 42.5 Å². The summed E-state index contributed by atoms with van der Waals surface area (Å²) in [4.78, 5) is 15.4. The van der Waals surface area contributed by atoms with Crippen molar-refractivity contribution in [3.05, 3.63) is 124 Å². The normalized spacial score (nSPS) is 17.8. The van der Waals surface area contributed by atoms with Crippen molar-refractivity contribution in [3.8, 4) is 0 Å². The summed E-state index contributed by atoms with van der Waals surface area (Å²) in [5.41, 5.74) is 4.25. The lowest BCUT2D eigenvalue weighted by atomic mass is 10.0. The lowest BCUT2D eigenvalue weighted by Crippen LogP contribution is -2.30. The van der Waals surface area contributed by atoms with Gasteiger partial charge in [0, 0.05) is 17.5 Å². The van der Waals surface area contributed by atoms with Crippen LogP contribution in [-0.2, 0) is 27.7 Å². The van der Waals surface area contributed by atoms with Gasteiger partial charge < -0.3 is 0 Å². The van der Waals surface area contributed by atoms with Crippen LogP contribution in [0.5, 0.6) is 0 Å². The molecule has 1 N–H and O–H groups in total. The number of hydrogen-bond acceptors (Lipinski definition) is 4. The van der Waals surface area contributed by atoms with E-state index in [9.17, 15) is 22.0 Å². The van der Waals surface area contributed by atoms with Gasteiger partial charge >= 0.3 is 0 Å². The highest BCUT2D eigenvalue weighted by atomic mass is 32.2. The average Bonchev–Trinajstić information content (AvgIpc) is 3.12. The SMILES string of the molecule is O=C1CN(C(P)c2ccc(NS(=O)(=O)c3cccc4c3CCC=CC=C4)cc2)CCCC1=CCc1cc(F)cc(F)c1. The maximum absolute atomic E-state index is 13.5. The molecule has 218 valence electrons. The number of sulfonamides is 1. The van der Waals surface area contributed by atoms with E-state index in [1.165, 1.54) is 12.1 Å². The summed E-state index contributed by atoms with van der Waals surface area (Å²) in [5, 5.41) is 0. The van der Waals surface area contributed by atoms with Gasteiger partial charge in [-0.15, -0.1) is 9.24 Å². The number of benzene rings is 3. The first-order valence-corrected chi connectivity index (χ1v) is 16.1. The molecule has 0 aromatic heterocycles. The molecule has 3 aromatic rings. The molecular formula is C33H33F2N2O3PS. The molecule has 9 heteroatoms. The van der Waals surface area contributed by atoms with Gasteiger partial charge in [0.1, 0.15) is 11.6 Å². The first-order valence-electron chi connectivity index (χ1n) is 13.9. The summed E-state index contributed by atoms with van der Waals surface area (Å²) in [5.74, 6) is -1.42. The molecular weight excluding hydrogens is 573 g/mol. The predicted octanol–water partition coefficient (Wildman–Crippen LogP) is 6.99. The Morgan fingerprint density at radius 2 is 1.76 bits per heavy atom. The van der Waals surface area contributed by atoms with Crippen molar-refractivity contribution in [2.24, 2.45) is 0 Å². The quantitative estimate of drug-likeness (QED) is 0.233. The highest BCUT2D eigenvalue weighted by Gasteiger charge is 2.25. The fourth-order valence-corrected chi connectivity index (χ4v) is 7.22. The van der Waals surface area contributed by atoms with E-state index in [1.54, 1.807) is 30.3 Å². The number of rotatable bonds is 7. The van der Waals surface area contributed by atoms with E-state index in [0.717, 1.165) is 35.6 Å². The fraction of sp³-hybridized carbons (Fsp3) is 0.242. The second-order valence-corrected chi connectivity index (χ2v) is 12.8. The molecule has 0 spiro atoms. The number of carbonyl (C=O) groups excluding carboxylic acids is 1. The number of allylic oxidation sites excluding steroid dienone is 4. The van der Waals surface area contributed by atoms with Gasteiger partial charge in [-0.05, 0) is 96.8 Å². The van der Waals surface area contributed by atoms with Gasteiger partial charge in [0.05, 0.1) is 11.4 Å². The standard InChI is InChI=1S/C33H33F2N2O3PS/c34-27-19-23(20-28(35)21-27)12-13-25-9-6-18-37(22-31(25)38)33(41)26-14-16-29(17-15-26)36-42(39,40)32-11-5-8-24-7-3-1-2-4-10-30(24)32/h1-3,5,7-8,11,13-17,19-21,33,36H,4,6,9-10,12,18,22,41H2. The Balaban J connectivity index is 1.25. The van der Waals surface area contributed by atoms with E-state index in [2.05, 4.69) is 18.9 Å². The molecule has 2 aliphatic rings. The lowest BCUT2D eigenvalue weighted by Gasteiger charge is -2.27. The Labute approximate surface area is 248 Å². The second-order valence-electron chi connectivity index (χ2n) is 10.5. The first-order chi connectivity index (χ1) is 20.2. The van der Waals surface area contributed by atoms with Crippen LogP contribution in [-0.4, -0.2) is 32.2 Å². The number of nitrogens with zero attached hydrogens (tertiary/aromatic N) is 1. The van der Waals surface area contributed by atoms with Gasteiger partial charge in [0.2, 0.25) is 0 Å². The highest BCUT2D eigenvalue weighted by Crippen LogP contribution is 2.32. The van der Waals surface area contributed by atoms with Crippen LogP contribution in [0.2, 0.25) is 0 Å². The highest BCUT2D eigenvalue weighted by molar-refractivity contribution is 7.92. The first kappa shape index (κ1) is 30.0. The molecule has 42 heavy (non-hydrogen) atoms. The zero-order valence-corrected chi connectivity index (χ0v) is 25.1. The summed E-state index contributed by atoms with van der Waals surface area (Å²) < 4.78 is 56.5. The largest absolute Gasteiger partial charge is 0.293 e. The number of nitrogens with one attached hydrogen (secondary N) is 1. The van der Waals surface area contributed by atoms with E-state index < -0.39 is 21.7 Å². The van der Waals surface area contributed by atoms with Crippen molar-refractivity contribution in [3.63, 3.8) is 0 Å². The van der Waals surface area contributed by atoms with Crippen molar-refractivity contribution in [2.45, 2.75) is 42.8 Å². The van der Waals surface area contributed by atoms with Crippen LogP contribution < -0.4 is 4.72 Å². The monoisotopic (exact) mass is 606 g/mol. The van der Waals surface area contributed by atoms with Crippen LogP contribution in [0.15, 0.2) is 95.4 Å². The molecule has 2 unspecified atom stereocenters. The molecule has 0 radical (unpaired) electrons. The van der Waals surface area contributed by atoms with Crippen molar-refractivity contribution in [1.82, 2.24) is 4.90 Å². The summed E-state index contributed by atoms with van der Waals surface area (Å²) >= 11 is 0. The zero-order valence-electron chi connectivity index (χ0n) is 23.1. The zero-order chi connectivity index (χ0) is 29.7. The summed E-state index contributed by atoms with van der Waals surface area (Å²) in [6, 6.07) is 15.9. The van der Waals surface area contributed by atoms with Crippen molar-refractivity contribution >= 4 is 36.8 Å². The summed E-state index contributed by atoms with van der Waals surface area (Å²) in [7, 11) is -1.02. The number of ketones is 1. The van der Waals surface area contributed by atoms with Gasteiger partial charge in [0.25, 0.3) is 10.0 Å². The van der Waals surface area contributed by atoms with Gasteiger partial charge in [-0.25, -0.2) is 17.2 Å². The smallest absolute Gasteiger partial charge is 0.262 e. The molecule has 1 fully saturated rings. The number of anilines is 1. The van der Waals surface area contributed by atoms with Crippen molar-refractivity contribution in [1.29, 1.82) is 0 Å². The number of fused-ring (bicyclic) bond motifs is 1. The Hall–Kier alpha value is -3.45. The minimum atomic E-state index is -3.80. The van der Waals surface area contributed by atoms with Crippen LogP contribution >= 0.6 is 9.24 Å². The maximum Gasteiger partial charge on any atom is 0.262 e. The number of halogens is 2. The summed E-state index contributed by atoms with van der Waals surface area (Å²) in [6.45, 7) is 0.914. The Morgan fingerprint density at radius 3 is 2.52 bits per heavy atom. The van der Waals surface area contributed by atoms with E-state index >= 15 is 0 Å². The second kappa shape index (κ2) is 13.2. The molecule has 1 saturated heterocycles. The molecule has 2 atom stereocenters. The Morgan fingerprint density at radius 1 is 1.00 bits per heavy atom. The third-order valence-electron chi connectivity index (χ3n) is 7.54. The number of hydrogen-bond donors (Lipinski definition) is 1. The molecule has 0 bridgehead atoms. The molecule has 1 aliphatic heterocycles. The third kappa shape index (κ3) is 7.30. The molecule has 0 amide bonds. The van der Waals surface area contributed by atoms with E-state index in [4.69, 9.17) is 0 Å². The van der Waals surface area contributed by atoms with E-state index in [0.29, 0.717) is 36.2 Å². The van der Waals surface area contributed by atoms with Gasteiger partial charge in [-0.1, -0.05) is 54.6 Å². The van der Waals surface area contributed by atoms with E-state index in [-0.39, 0.29) is 29.4 Å². The minimum absolute atomic E-state index is 0.00997. The molecule has 3 aromatic carbocycles. The van der Waals surface area contributed by atoms with Gasteiger partial charge in [-0.3, -0.25) is 14.4 Å². The molecule has 5 rings (SSSR count). The lowest BCUT2D eigenvalue weighted by molar-refractivity contribution is -0.116. The van der Waals surface area contributed by atoms with Crippen molar-refractivity contribution in [2.75, 3.05) is 17.8 Å². The number of carbonyl (C=O) groups is 1. The third-order valence-corrected chi connectivity index (χ3v) is 9.82. The van der Waals surface area contributed by atoms with Crippen molar-refractivity contribution < 1.29 is 22.0 Å².